The molecule has 2 heterocycles. The van der Waals surface area contributed by atoms with Crippen molar-refractivity contribution in [1.29, 1.82) is 0 Å². The topological polar surface area (TPSA) is 59.3 Å². The summed E-state index contributed by atoms with van der Waals surface area (Å²) >= 11 is 0. The fourth-order valence-corrected chi connectivity index (χ4v) is 1.89. The number of hydrogen-bond donors (Lipinski definition) is 1. The molecule has 0 aliphatic heterocycles. The lowest BCUT2D eigenvalue weighted by atomic mass is 10.2. The molecule has 0 saturated heterocycles. The Morgan fingerprint density at radius 3 is 2.33 bits per heavy atom. The highest BCUT2D eigenvalue weighted by molar-refractivity contribution is 5.95. The molecule has 5 nitrogen and oxygen atoms in total. The normalized spacial score (nSPS) is 10.5. The van der Waals surface area contributed by atoms with Gasteiger partial charge in [-0.05, 0) is 38.0 Å². The molecule has 0 fully saturated rings. The van der Waals surface area contributed by atoms with Crippen molar-refractivity contribution in [3.63, 3.8) is 0 Å². The van der Waals surface area contributed by atoms with Crippen molar-refractivity contribution in [2.24, 2.45) is 0 Å². The Hall–Kier alpha value is -2.95. The standard InChI is InChI=1S/C16H18N4O.C4H8.C2H6/c1-5-6-7-8-11(2)16-18-15-10-13(12(3)21)9-14(17-4)20(15)19-16;1-3-4-2;1-2/h5-10,17H,1H2,2-4H3;3H,1,4H2,2H3;1-2H3/b7-6-,11-8+;;. The molecule has 1 N–H and O–H groups in total. The Morgan fingerprint density at radius 2 is 1.85 bits per heavy atom. The number of aromatic nitrogens is 3. The van der Waals surface area contributed by atoms with Crippen molar-refractivity contribution < 1.29 is 4.79 Å². The second kappa shape index (κ2) is 13.3. The van der Waals surface area contributed by atoms with E-state index in [0.717, 1.165) is 17.8 Å². The summed E-state index contributed by atoms with van der Waals surface area (Å²) in [5.41, 5.74) is 2.18. The van der Waals surface area contributed by atoms with E-state index < -0.39 is 0 Å². The molecule has 0 aromatic carbocycles. The maximum Gasteiger partial charge on any atom is 0.177 e. The fourth-order valence-electron chi connectivity index (χ4n) is 1.89. The van der Waals surface area contributed by atoms with Crippen molar-refractivity contribution in [2.75, 3.05) is 12.4 Å². The van der Waals surface area contributed by atoms with Gasteiger partial charge < -0.3 is 5.32 Å². The summed E-state index contributed by atoms with van der Waals surface area (Å²) in [5.74, 6) is 1.35. The third-order valence-corrected chi connectivity index (χ3v) is 3.33. The molecule has 2 aromatic rings. The van der Waals surface area contributed by atoms with E-state index in [-0.39, 0.29) is 5.78 Å². The molecule has 0 aliphatic carbocycles. The summed E-state index contributed by atoms with van der Waals surface area (Å²) in [6.45, 7) is 16.6. The van der Waals surface area contributed by atoms with Gasteiger partial charge in [0.05, 0.1) is 0 Å². The van der Waals surface area contributed by atoms with Crippen molar-refractivity contribution in [2.45, 2.75) is 41.0 Å². The Morgan fingerprint density at radius 1 is 1.22 bits per heavy atom. The van der Waals surface area contributed by atoms with E-state index in [1.54, 1.807) is 29.8 Å². The third kappa shape index (κ3) is 7.44. The lowest BCUT2D eigenvalue weighted by molar-refractivity contribution is 0.101. The number of fused-ring (bicyclic) bond motifs is 1. The number of hydrogen-bond acceptors (Lipinski definition) is 4. The molecule has 0 saturated carbocycles. The molecule has 0 amide bonds. The van der Waals surface area contributed by atoms with E-state index >= 15 is 0 Å². The molecule has 146 valence electrons. The maximum atomic E-state index is 11.6. The van der Waals surface area contributed by atoms with Gasteiger partial charge in [0.2, 0.25) is 0 Å². The summed E-state index contributed by atoms with van der Waals surface area (Å²) in [6, 6.07) is 3.51. The average Bonchev–Trinajstić information content (AvgIpc) is 3.13. The van der Waals surface area contributed by atoms with Crippen LogP contribution in [-0.4, -0.2) is 27.4 Å². The predicted molar refractivity (Wildman–Crippen MR) is 117 cm³/mol. The number of nitrogens with zero attached hydrogens (tertiary/aromatic N) is 3. The van der Waals surface area contributed by atoms with Crippen LogP contribution in [0, 0.1) is 0 Å². The Kier molecular flexibility index (Phi) is 11.8. The van der Waals surface area contributed by atoms with Crippen LogP contribution < -0.4 is 5.32 Å². The molecule has 0 spiro atoms. The number of carbonyl (C=O) groups is 1. The lowest BCUT2D eigenvalue weighted by Gasteiger charge is -2.04. The van der Waals surface area contributed by atoms with Crippen LogP contribution in [0.15, 0.2) is 55.7 Å². The molecular formula is C22H32N4O. The minimum Gasteiger partial charge on any atom is -0.373 e. The summed E-state index contributed by atoms with van der Waals surface area (Å²) in [4.78, 5) is 16.0. The molecule has 5 heteroatoms. The van der Waals surface area contributed by atoms with Gasteiger partial charge in [-0.25, -0.2) is 4.98 Å². The maximum absolute atomic E-state index is 11.6. The Labute approximate surface area is 163 Å². The first kappa shape index (κ1) is 24.1. The first-order valence-electron chi connectivity index (χ1n) is 9.15. The minimum absolute atomic E-state index is 0.000250. The number of nitrogens with one attached hydrogen (secondary N) is 1. The van der Waals surface area contributed by atoms with Gasteiger partial charge in [-0.2, -0.15) is 4.52 Å². The van der Waals surface area contributed by atoms with Crippen LogP contribution in [0.1, 0.15) is 57.2 Å². The van der Waals surface area contributed by atoms with E-state index in [2.05, 4.69) is 35.5 Å². The molecule has 0 unspecified atom stereocenters. The molecule has 0 atom stereocenters. The number of rotatable bonds is 6. The third-order valence-electron chi connectivity index (χ3n) is 3.33. The fraction of sp³-hybridized carbons (Fsp3) is 0.318. The van der Waals surface area contributed by atoms with E-state index in [0.29, 0.717) is 17.0 Å². The second-order valence-corrected chi connectivity index (χ2v) is 5.31. The molecule has 0 bridgehead atoms. The molecular weight excluding hydrogens is 336 g/mol. The van der Waals surface area contributed by atoms with Gasteiger partial charge in [-0.1, -0.05) is 57.7 Å². The second-order valence-electron chi connectivity index (χ2n) is 5.31. The van der Waals surface area contributed by atoms with Crippen LogP contribution in [0.4, 0.5) is 5.82 Å². The van der Waals surface area contributed by atoms with Crippen LogP contribution in [0.3, 0.4) is 0 Å². The SMILES string of the molecule is C=C/C=C\C=C(/C)c1nc2cc(C(C)=O)cc(NC)n2n1.C=CCC.CC. The van der Waals surface area contributed by atoms with Crippen molar-refractivity contribution >= 4 is 22.8 Å². The van der Waals surface area contributed by atoms with Crippen molar-refractivity contribution in [3.8, 4) is 0 Å². The lowest BCUT2D eigenvalue weighted by Crippen LogP contribution is -2.03. The highest BCUT2D eigenvalue weighted by atomic mass is 16.1. The number of pyridine rings is 1. The van der Waals surface area contributed by atoms with Gasteiger partial charge in [0.25, 0.3) is 0 Å². The van der Waals surface area contributed by atoms with E-state index in [1.807, 2.05) is 45.1 Å². The zero-order valence-electron chi connectivity index (χ0n) is 17.4. The zero-order chi connectivity index (χ0) is 20.8. The predicted octanol–water partition coefficient (Wildman–Crippen LogP) is 5.73. The van der Waals surface area contributed by atoms with Gasteiger partial charge in [0, 0.05) is 12.6 Å². The minimum atomic E-state index is -0.000250. The van der Waals surface area contributed by atoms with E-state index in [9.17, 15) is 4.79 Å². The monoisotopic (exact) mass is 368 g/mol. The number of carbonyl (C=O) groups excluding carboxylic acids is 1. The highest BCUT2D eigenvalue weighted by Gasteiger charge is 2.11. The molecule has 0 radical (unpaired) electrons. The quantitative estimate of drug-likeness (QED) is 0.402. The summed E-state index contributed by atoms with van der Waals surface area (Å²) in [5, 5.41) is 7.50. The van der Waals surface area contributed by atoms with Crippen LogP contribution >= 0.6 is 0 Å². The van der Waals surface area contributed by atoms with Crippen molar-refractivity contribution in [3.05, 3.63) is 67.1 Å². The smallest absolute Gasteiger partial charge is 0.177 e. The van der Waals surface area contributed by atoms with E-state index in [4.69, 9.17) is 0 Å². The van der Waals surface area contributed by atoms with Crippen LogP contribution in [0.2, 0.25) is 0 Å². The van der Waals surface area contributed by atoms with Gasteiger partial charge in [0.1, 0.15) is 5.82 Å². The average molecular weight is 369 g/mol. The summed E-state index contributed by atoms with van der Waals surface area (Å²) in [7, 11) is 1.79. The largest absolute Gasteiger partial charge is 0.373 e. The van der Waals surface area contributed by atoms with Crippen LogP contribution in [0.25, 0.3) is 11.2 Å². The molecule has 2 rings (SSSR count). The zero-order valence-corrected chi connectivity index (χ0v) is 17.4. The number of anilines is 1. The first-order chi connectivity index (χ1) is 13.0. The van der Waals surface area contributed by atoms with Gasteiger partial charge in [-0.15, -0.1) is 11.7 Å². The molecule has 27 heavy (non-hydrogen) atoms. The molecule has 2 aromatic heterocycles. The van der Waals surface area contributed by atoms with Crippen LogP contribution in [-0.2, 0) is 0 Å². The first-order valence-corrected chi connectivity index (χ1v) is 9.15. The van der Waals surface area contributed by atoms with Crippen LogP contribution in [0.5, 0.6) is 0 Å². The highest BCUT2D eigenvalue weighted by Crippen LogP contribution is 2.18. The summed E-state index contributed by atoms with van der Waals surface area (Å²) in [6.07, 6.45) is 10.3. The Bertz CT molecular complexity index is 813. The number of ketones is 1. The number of Topliss-reactive ketones (excluding diaryl/α,β-unsaturated/α-hetero) is 1. The van der Waals surface area contributed by atoms with Gasteiger partial charge >= 0.3 is 0 Å². The van der Waals surface area contributed by atoms with Crippen molar-refractivity contribution in [1.82, 2.24) is 14.6 Å². The van der Waals surface area contributed by atoms with Gasteiger partial charge in [0.15, 0.2) is 17.3 Å². The number of allylic oxidation sites excluding steroid dienone is 6. The molecule has 0 aliphatic rings. The Balaban J connectivity index is 0.000000998. The van der Waals surface area contributed by atoms with Gasteiger partial charge in [-0.3, -0.25) is 4.79 Å². The summed E-state index contributed by atoms with van der Waals surface area (Å²) < 4.78 is 1.69. The van der Waals surface area contributed by atoms with E-state index in [1.165, 1.54) is 6.92 Å².